The molecule has 1 N–H and O–H groups in total. The van der Waals surface area contributed by atoms with Gasteiger partial charge in [-0.15, -0.1) is 0 Å². The van der Waals surface area contributed by atoms with Crippen molar-refractivity contribution in [2.45, 2.75) is 40.3 Å². The number of hydrogen-bond acceptors (Lipinski definition) is 3. The maximum atomic E-state index is 13.6. The number of benzene rings is 1. The summed E-state index contributed by atoms with van der Waals surface area (Å²) in [5.41, 5.74) is 2.43. The molecule has 0 saturated heterocycles. The molecule has 1 aromatic heterocycles. The van der Waals surface area contributed by atoms with Crippen LogP contribution in [0.25, 0.3) is 0 Å². The lowest BCUT2D eigenvalue weighted by Gasteiger charge is -2.14. The smallest absolute Gasteiger partial charge is 0.135 e. The summed E-state index contributed by atoms with van der Waals surface area (Å²) in [6.45, 7) is 8.46. The van der Waals surface area contributed by atoms with E-state index in [1.807, 2.05) is 13.0 Å². The number of halogens is 1. The van der Waals surface area contributed by atoms with Crippen molar-refractivity contribution in [3.05, 3.63) is 53.1 Å². The zero-order valence-electron chi connectivity index (χ0n) is 12.9. The number of nitrogens with zero attached hydrogens (tertiary/aromatic N) is 1. The fraction of sp³-hybridized carbons (Fsp3) is 0.353. The van der Waals surface area contributed by atoms with Gasteiger partial charge >= 0.3 is 0 Å². The van der Waals surface area contributed by atoms with Crippen LogP contribution in [0, 0.1) is 19.7 Å². The van der Waals surface area contributed by atoms with Crippen LogP contribution in [0.1, 0.15) is 30.7 Å². The van der Waals surface area contributed by atoms with Crippen molar-refractivity contribution in [3.8, 4) is 11.5 Å². The Kier molecular flexibility index (Phi) is 4.91. The lowest BCUT2D eigenvalue weighted by atomic mass is 10.2. The second-order valence-corrected chi connectivity index (χ2v) is 5.48. The quantitative estimate of drug-likeness (QED) is 0.898. The van der Waals surface area contributed by atoms with Crippen LogP contribution in [0.5, 0.6) is 11.5 Å². The van der Waals surface area contributed by atoms with Crippen LogP contribution in [0.2, 0.25) is 0 Å². The number of ether oxygens (including phenoxy) is 1. The largest absolute Gasteiger partial charge is 0.457 e. The van der Waals surface area contributed by atoms with E-state index < -0.39 is 0 Å². The summed E-state index contributed by atoms with van der Waals surface area (Å²) in [6, 6.07) is 7.13. The van der Waals surface area contributed by atoms with Gasteiger partial charge in [-0.1, -0.05) is 19.9 Å². The fourth-order valence-electron chi connectivity index (χ4n) is 1.87. The Hall–Kier alpha value is -1.94. The van der Waals surface area contributed by atoms with Gasteiger partial charge in [0, 0.05) is 42.2 Å². The van der Waals surface area contributed by atoms with Crippen molar-refractivity contribution in [1.82, 2.24) is 10.3 Å². The van der Waals surface area contributed by atoms with E-state index in [9.17, 15) is 4.39 Å². The molecule has 0 aliphatic carbocycles. The predicted octanol–water partition coefficient (Wildman–Crippen LogP) is 4.13. The molecule has 112 valence electrons. The van der Waals surface area contributed by atoms with Gasteiger partial charge in [0.15, 0.2) is 0 Å². The fourth-order valence-corrected chi connectivity index (χ4v) is 1.87. The topological polar surface area (TPSA) is 34.1 Å². The Labute approximate surface area is 125 Å². The van der Waals surface area contributed by atoms with E-state index in [0.717, 1.165) is 11.3 Å². The summed E-state index contributed by atoms with van der Waals surface area (Å²) >= 11 is 0. The minimum Gasteiger partial charge on any atom is -0.457 e. The van der Waals surface area contributed by atoms with Crippen molar-refractivity contribution in [1.29, 1.82) is 0 Å². The van der Waals surface area contributed by atoms with Gasteiger partial charge in [0.05, 0.1) is 0 Å². The molecule has 21 heavy (non-hydrogen) atoms. The molecule has 0 radical (unpaired) electrons. The lowest BCUT2D eigenvalue weighted by Crippen LogP contribution is -2.22. The van der Waals surface area contributed by atoms with Gasteiger partial charge in [-0.25, -0.2) is 4.39 Å². The first-order valence-electron chi connectivity index (χ1n) is 7.08. The van der Waals surface area contributed by atoms with Crippen LogP contribution < -0.4 is 10.1 Å². The average Bonchev–Trinajstić information content (AvgIpc) is 2.42. The van der Waals surface area contributed by atoms with Gasteiger partial charge in [0.2, 0.25) is 0 Å². The molecule has 0 spiro atoms. The molecule has 4 heteroatoms. The molecule has 0 amide bonds. The monoisotopic (exact) mass is 288 g/mol. The van der Waals surface area contributed by atoms with Gasteiger partial charge < -0.3 is 10.1 Å². The van der Waals surface area contributed by atoms with Crippen molar-refractivity contribution < 1.29 is 9.13 Å². The molecular formula is C17H21FN2O. The summed E-state index contributed by atoms with van der Waals surface area (Å²) in [7, 11) is 0. The number of hydrogen-bond donors (Lipinski definition) is 1. The van der Waals surface area contributed by atoms with Gasteiger partial charge in [-0.2, -0.15) is 0 Å². The Morgan fingerprint density at radius 2 is 2.00 bits per heavy atom. The van der Waals surface area contributed by atoms with Crippen molar-refractivity contribution in [2.24, 2.45) is 0 Å². The number of aryl methyl sites for hydroxylation is 2. The summed E-state index contributed by atoms with van der Waals surface area (Å²) in [5, 5.41) is 3.33. The van der Waals surface area contributed by atoms with E-state index in [2.05, 4.69) is 24.1 Å². The second-order valence-electron chi connectivity index (χ2n) is 5.48. The molecule has 1 aromatic carbocycles. The third kappa shape index (κ3) is 4.26. The molecule has 0 atom stereocenters. The van der Waals surface area contributed by atoms with Crippen LogP contribution >= 0.6 is 0 Å². The highest BCUT2D eigenvalue weighted by Crippen LogP contribution is 2.27. The summed E-state index contributed by atoms with van der Waals surface area (Å²) in [6.07, 6.45) is 1.80. The minimum atomic E-state index is -0.264. The molecule has 2 aromatic rings. The molecule has 0 aliphatic heterocycles. The van der Waals surface area contributed by atoms with Crippen LogP contribution in [0.4, 0.5) is 4.39 Å². The predicted molar refractivity (Wildman–Crippen MR) is 82.2 cm³/mol. The Morgan fingerprint density at radius 1 is 1.24 bits per heavy atom. The zero-order valence-corrected chi connectivity index (χ0v) is 12.9. The molecule has 2 rings (SSSR count). The Morgan fingerprint density at radius 3 is 2.67 bits per heavy atom. The van der Waals surface area contributed by atoms with E-state index in [1.165, 1.54) is 6.07 Å². The van der Waals surface area contributed by atoms with E-state index in [0.29, 0.717) is 29.6 Å². The van der Waals surface area contributed by atoms with Gasteiger partial charge in [0.25, 0.3) is 0 Å². The normalized spacial score (nSPS) is 11.0. The van der Waals surface area contributed by atoms with Gasteiger partial charge in [0.1, 0.15) is 17.3 Å². The molecular weight excluding hydrogens is 267 g/mol. The van der Waals surface area contributed by atoms with Crippen LogP contribution in [0.3, 0.4) is 0 Å². The maximum absolute atomic E-state index is 13.6. The number of rotatable bonds is 5. The highest BCUT2D eigenvalue weighted by molar-refractivity contribution is 5.38. The van der Waals surface area contributed by atoms with Crippen molar-refractivity contribution >= 4 is 0 Å². The standard InChI is InChI=1S/C17H21FN2O/c1-11(2)19-9-14-10-20-13(4)7-17(14)21-15-6-5-12(3)16(18)8-15/h5-8,10-11,19H,9H2,1-4H3. The Bertz CT molecular complexity index is 626. The van der Waals surface area contributed by atoms with Crippen LogP contribution in [-0.4, -0.2) is 11.0 Å². The third-order valence-electron chi connectivity index (χ3n) is 3.15. The van der Waals surface area contributed by atoms with Crippen LogP contribution in [-0.2, 0) is 6.54 Å². The van der Waals surface area contributed by atoms with E-state index in [-0.39, 0.29) is 5.82 Å². The van der Waals surface area contributed by atoms with Gasteiger partial charge in [-0.3, -0.25) is 4.98 Å². The SMILES string of the molecule is Cc1cc(Oc2ccc(C)c(F)c2)c(CNC(C)C)cn1. The summed E-state index contributed by atoms with van der Waals surface area (Å²) in [4.78, 5) is 4.30. The lowest BCUT2D eigenvalue weighted by molar-refractivity contribution is 0.462. The summed E-state index contributed by atoms with van der Waals surface area (Å²) in [5.74, 6) is 0.938. The molecule has 0 aliphatic rings. The van der Waals surface area contributed by atoms with Crippen LogP contribution in [0.15, 0.2) is 30.5 Å². The highest BCUT2D eigenvalue weighted by atomic mass is 19.1. The molecule has 0 unspecified atom stereocenters. The Balaban J connectivity index is 2.24. The molecule has 0 fully saturated rings. The van der Waals surface area contributed by atoms with E-state index >= 15 is 0 Å². The first-order chi connectivity index (χ1) is 9.95. The first kappa shape index (κ1) is 15.4. The molecule has 3 nitrogen and oxygen atoms in total. The van der Waals surface area contributed by atoms with E-state index in [1.54, 1.807) is 25.3 Å². The molecule has 1 heterocycles. The van der Waals surface area contributed by atoms with Crippen molar-refractivity contribution in [3.63, 3.8) is 0 Å². The molecule has 0 saturated carbocycles. The summed E-state index contributed by atoms with van der Waals surface area (Å²) < 4.78 is 19.4. The second kappa shape index (κ2) is 6.68. The number of aromatic nitrogens is 1. The average molecular weight is 288 g/mol. The highest BCUT2D eigenvalue weighted by Gasteiger charge is 2.08. The first-order valence-corrected chi connectivity index (χ1v) is 7.08. The van der Waals surface area contributed by atoms with Gasteiger partial charge in [-0.05, 0) is 25.5 Å². The molecule has 0 bridgehead atoms. The maximum Gasteiger partial charge on any atom is 0.135 e. The minimum absolute atomic E-state index is 0.264. The van der Waals surface area contributed by atoms with Crippen molar-refractivity contribution in [2.75, 3.05) is 0 Å². The number of nitrogens with one attached hydrogen (secondary N) is 1. The third-order valence-corrected chi connectivity index (χ3v) is 3.15. The van der Waals surface area contributed by atoms with E-state index in [4.69, 9.17) is 4.74 Å². The zero-order chi connectivity index (χ0) is 15.4. The number of pyridine rings is 1.